The van der Waals surface area contributed by atoms with Gasteiger partial charge in [-0.2, -0.15) is 5.26 Å². The van der Waals surface area contributed by atoms with Crippen LogP contribution in [0.5, 0.6) is 0 Å². The van der Waals surface area contributed by atoms with E-state index in [4.69, 9.17) is 21.3 Å². The summed E-state index contributed by atoms with van der Waals surface area (Å²) in [6.07, 6.45) is -1.24. The van der Waals surface area contributed by atoms with Crippen LogP contribution < -0.4 is 0 Å². The van der Waals surface area contributed by atoms with E-state index in [1.165, 1.54) is 0 Å². The molecule has 1 atom stereocenters. The molecule has 1 unspecified atom stereocenters. The minimum atomic E-state index is -1.24. The van der Waals surface area contributed by atoms with Gasteiger partial charge in [-0.1, -0.05) is 23.7 Å². The van der Waals surface area contributed by atoms with Crippen LogP contribution in [0, 0.1) is 11.3 Å². The third-order valence-electron chi connectivity index (χ3n) is 2.16. The number of nitriles is 1. The topological polar surface area (TPSA) is 57.2 Å². The van der Waals surface area contributed by atoms with Gasteiger partial charge in [0.05, 0.1) is 5.02 Å². The molecule has 0 bridgehead atoms. The molecule has 0 spiro atoms. The lowest BCUT2D eigenvalue weighted by Crippen LogP contribution is -1.88. The highest BCUT2D eigenvalue weighted by Crippen LogP contribution is 2.30. The lowest BCUT2D eigenvalue weighted by molar-refractivity contribution is 0.205. The first-order valence-electron chi connectivity index (χ1n) is 4.64. The van der Waals surface area contributed by atoms with Crippen LogP contribution in [0.4, 0.5) is 0 Å². The largest absolute Gasteiger partial charge is 0.457 e. The predicted octanol–water partition coefficient (Wildman–Crippen LogP) is 3.16. The molecule has 16 heavy (non-hydrogen) atoms. The molecule has 1 heterocycles. The van der Waals surface area contributed by atoms with Crippen LogP contribution in [0.2, 0.25) is 5.02 Å². The Morgan fingerprint density at radius 3 is 2.69 bits per heavy atom. The molecule has 1 aromatic carbocycles. The molecule has 3 nitrogen and oxygen atoms in total. The van der Waals surface area contributed by atoms with Gasteiger partial charge in [0, 0.05) is 5.56 Å². The van der Waals surface area contributed by atoms with Gasteiger partial charge in [0.15, 0.2) is 6.10 Å². The van der Waals surface area contributed by atoms with Gasteiger partial charge in [-0.25, -0.2) is 0 Å². The van der Waals surface area contributed by atoms with Crippen LogP contribution in [0.25, 0.3) is 11.3 Å². The molecule has 0 saturated carbocycles. The summed E-state index contributed by atoms with van der Waals surface area (Å²) in [5, 5.41) is 18.4. The van der Waals surface area contributed by atoms with Crippen molar-refractivity contribution in [2.45, 2.75) is 6.10 Å². The van der Waals surface area contributed by atoms with Crippen molar-refractivity contribution >= 4 is 11.6 Å². The first-order valence-corrected chi connectivity index (χ1v) is 5.02. The van der Waals surface area contributed by atoms with E-state index in [1.54, 1.807) is 24.3 Å². The van der Waals surface area contributed by atoms with Crippen LogP contribution in [0.3, 0.4) is 0 Å². The Bertz CT molecular complexity index is 542. The lowest BCUT2D eigenvalue weighted by Gasteiger charge is -2.00. The van der Waals surface area contributed by atoms with Crippen LogP contribution in [-0.2, 0) is 0 Å². The van der Waals surface area contributed by atoms with Crippen molar-refractivity contribution < 1.29 is 9.52 Å². The summed E-state index contributed by atoms with van der Waals surface area (Å²) in [6, 6.07) is 12.1. The van der Waals surface area contributed by atoms with Crippen molar-refractivity contribution in [3.63, 3.8) is 0 Å². The summed E-state index contributed by atoms with van der Waals surface area (Å²) in [6.45, 7) is 0. The van der Waals surface area contributed by atoms with Crippen LogP contribution >= 0.6 is 11.6 Å². The van der Waals surface area contributed by atoms with E-state index in [1.807, 2.05) is 18.2 Å². The highest BCUT2D eigenvalue weighted by Gasteiger charge is 2.13. The quantitative estimate of drug-likeness (QED) is 0.811. The maximum atomic E-state index is 9.27. The van der Waals surface area contributed by atoms with E-state index in [0.29, 0.717) is 10.8 Å². The molecule has 0 amide bonds. The third kappa shape index (κ3) is 1.94. The average molecular weight is 234 g/mol. The highest BCUT2D eigenvalue weighted by atomic mass is 35.5. The van der Waals surface area contributed by atoms with E-state index in [-0.39, 0.29) is 5.76 Å². The molecule has 4 heteroatoms. The Labute approximate surface area is 97.5 Å². The minimum absolute atomic E-state index is 0.220. The fraction of sp³-hybridized carbons (Fsp3) is 0.0833. The maximum absolute atomic E-state index is 9.27. The molecule has 0 aliphatic rings. The summed E-state index contributed by atoms with van der Waals surface area (Å²) in [7, 11) is 0. The van der Waals surface area contributed by atoms with Crippen molar-refractivity contribution in [2.24, 2.45) is 0 Å². The molecule has 0 fully saturated rings. The summed E-state index contributed by atoms with van der Waals surface area (Å²) in [5.41, 5.74) is 0.737. The molecule has 1 N–H and O–H groups in total. The van der Waals surface area contributed by atoms with Gasteiger partial charge < -0.3 is 9.52 Å². The van der Waals surface area contributed by atoms with Gasteiger partial charge in [0.1, 0.15) is 17.6 Å². The molecule has 2 rings (SSSR count). The second-order valence-corrected chi connectivity index (χ2v) is 3.62. The number of furan rings is 1. The van der Waals surface area contributed by atoms with Crippen molar-refractivity contribution in [3.8, 4) is 17.4 Å². The summed E-state index contributed by atoms with van der Waals surface area (Å²) >= 11 is 5.99. The van der Waals surface area contributed by atoms with E-state index in [9.17, 15) is 5.11 Å². The van der Waals surface area contributed by atoms with E-state index < -0.39 is 6.10 Å². The Kier molecular flexibility index (Phi) is 2.95. The summed E-state index contributed by atoms with van der Waals surface area (Å²) in [5.74, 6) is 0.757. The smallest absolute Gasteiger partial charge is 0.198 e. The zero-order valence-electron chi connectivity index (χ0n) is 8.22. The molecule has 0 saturated heterocycles. The second-order valence-electron chi connectivity index (χ2n) is 3.21. The predicted molar refractivity (Wildman–Crippen MR) is 59.7 cm³/mol. The van der Waals surface area contributed by atoms with E-state index >= 15 is 0 Å². The monoisotopic (exact) mass is 233 g/mol. The Hall–Kier alpha value is -1.76. The highest BCUT2D eigenvalue weighted by molar-refractivity contribution is 6.33. The van der Waals surface area contributed by atoms with Crippen molar-refractivity contribution in [1.82, 2.24) is 0 Å². The normalized spacial score (nSPS) is 12.1. The van der Waals surface area contributed by atoms with Gasteiger partial charge in [0.25, 0.3) is 0 Å². The van der Waals surface area contributed by atoms with E-state index in [2.05, 4.69) is 0 Å². The fourth-order valence-electron chi connectivity index (χ4n) is 1.37. The zero-order valence-corrected chi connectivity index (χ0v) is 8.98. The summed E-state index contributed by atoms with van der Waals surface area (Å²) in [4.78, 5) is 0. The second kappa shape index (κ2) is 4.40. The van der Waals surface area contributed by atoms with E-state index in [0.717, 1.165) is 5.56 Å². The number of aliphatic hydroxyl groups excluding tert-OH is 1. The van der Waals surface area contributed by atoms with Crippen molar-refractivity contribution in [1.29, 1.82) is 5.26 Å². The SMILES string of the molecule is N#CC(O)c1ccc(-c2ccccc2Cl)o1. The van der Waals surface area contributed by atoms with Gasteiger partial charge >= 0.3 is 0 Å². The molecule has 80 valence electrons. The molecule has 1 aromatic heterocycles. The molecule has 0 aliphatic heterocycles. The summed E-state index contributed by atoms with van der Waals surface area (Å²) < 4.78 is 5.35. The van der Waals surface area contributed by atoms with Gasteiger partial charge in [0.2, 0.25) is 0 Å². The van der Waals surface area contributed by atoms with Crippen LogP contribution in [0.15, 0.2) is 40.8 Å². The number of rotatable bonds is 2. The Morgan fingerprint density at radius 1 is 1.25 bits per heavy atom. The van der Waals surface area contributed by atoms with Crippen LogP contribution in [-0.4, -0.2) is 5.11 Å². The fourth-order valence-corrected chi connectivity index (χ4v) is 1.60. The zero-order chi connectivity index (χ0) is 11.5. The number of benzene rings is 1. The van der Waals surface area contributed by atoms with Gasteiger partial charge in [-0.05, 0) is 24.3 Å². The van der Waals surface area contributed by atoms with Gasteiger partial charge in [-0.15, -0.1) is 0 Å². The van der Waals surface area contributed by atoms with Gasteiger partial charge in [-0.3, -0.25) is 0 Å². The Morgan fingerprint density at radius 2 is 2.00 bits per heavy atom. The number of halogens is 1. The molecule has 0 radical (unpaired) electrons. The Balaban J connectivity index is 2.40. The average Bonchev–Trinajstić information content (AvgIpc) is 2.78. The van der Waals surface area contributed by atoms with Crippen molar-refractivity contribution in [3.05, 3.63) is 47.2 Å². The lowest BCUT2D eigenvalue weighted by atomic mass is 10.2. The molecule has 2 aromatic rings. The minimum Gasteiger partial charge on any atom is -0.457 e. The number of hydrogen-bond acceptors (Lipinski definition) is 3. The first kappa shape index (κ1) is 10.7. The maximum Gasteiger partial charge on any atom is 0.198 e. The molecular formula is C12H8ClNO2. The molecular weight excluding hydrogens is 226 g/mol. The number of hydrogen-bond donors (Lipinski definition) is 1. The van der Waals surface area contributed by atoms with Crippen LogP contribution in [0.1, 0.15) is 11.9 Å². The first-order chi connectivity index (χ1) is 7.72. The molecule has 0 aliphatic carbocycles. The number of aliphatic hydroxyl groups is 1. The standard InChI is InChI=1S/C12H8ClNO2/c13-9-4-2-1-3-8(9)11-5-6-12(16-11)10(15)7-14/h1-6,10,15H. The number of nitrogens with zero attached hydrogens (tertiary/aromatic N) is 1. The van der Waals surface area contributed by atoms with Crippen molar-refractivity contribution in [2.75, 3.05) is 0 Å². The third-order valence-corrected chi connectivity index (χ3v) is 2.49.